The standard InChI is InChI=1S/C9H17N5OS/c1-7-12-6-8(13-7)5-10-3-4-11-9(15)14(2)16/h6,10,16H,3-5H2,1-2H3,(H,11,15)(H,12,13). The third kappa shape index (κ3) is 4.54. The molecule has 1 aromatic heterocycles. The maximum absolute atomic E-state index is 11.1. The maximum atomic E-state index is 11.1. The molecule has 0 radical (unpaired) electrons. The van der Waals surface area contributed by atoms with E-state index in [4.69, 9.17) is 0 Å². The Labute approximate surface area is 100 Å². The van der Waals surface area contributed by atoms with Gasteiger partial charge in [0.05, 0.1) is 0 Å². The van der Waals surface area contributed by atoms with Gasteiger partial charge < -0.3 is 15.6 Å². The molecule has 0 aromatic carbocycles. The molecule has 0 aliphatic heterocycles. The van der Waals surface area contributed by atoms with Crippen molar-refractivity contribution in [2.75, 3.05) is 20.1 Å². The highest BCUT2D eigenvalue weighted by molar-refractivity contribution is 7.78. The summed E-state index contributed by atoms with van der Waals surface area (Å²) in [4.78, 5) is 18.3. The minimum Gasteiger partial charge on any atom is -0.345 e. The van der Waals surface area contributed by atoms with Crippen molar-refractivity contribution in [2.24, 2.45) is 0 Å². The molecule has 0 saturated carbocycles. The average Bonchev–Trinajstić information content (AvgIpc) is 2.63. The molecule has 0 saturated heterocycles. The molecule has 6 nitrogen and oxygen atoms in total. The molecule has 1 rings (SSSR count). The van der Waals surface area contributed by atoms with Crippen LogP contribution < -0.4 is 10.6 Å². The summed E-state index contributed by atoms with van der Waals surface area (Å²) >= 11 is 3.87. The predicted molar refractivity (Wildman–Crippen MR) is 65.2 cm³/mol. The molecule has 2 amide bonds. The topological polar surface area (TPSA) is 73.1 Å². The molecule has 0 unspecified atom stereocenters. The molecule has 0 spiro atoms. The normalized spacial score (nSPS) is 10.2. The van der Waals surface area contributed by atoms with Gasteiger partial charge in [0.2, 0.25) is 0 Å². The number of aromatic nitrogens is 2. The van der Waals surface area contributed by atoms with Crippen LogP contribution in [0.5, 0.6) is 0 Å². The lowest BCUT2D eigenvalue weighted by Gasteiger charge is -2.10. The number of thiol groups is 1. The van der Waals surface area contributed by atoms with Gasteiger partial charge >= 0.3 is 6.03 Å². The first-order valence-corrected chi connectivity index (χ1v) is 5.41. The third-order valence-corrected chi connectivity index (χ3v) is 2.12. The second kappa shape index (κ2) is 6.39. The number of hydrogen-bond acceptors (Lipinski definition) is 4. The van der Waals surface area contributed by atoms with Crippen molar-refractivity contribution in [2.45, 2.75) is 13.5 Å². The molecule has 0 bridgehead atoms. The van der Waals surface area contributed by atoms with Gasteiger partial charge in [0.1, 0.15) is 5.82 Å². The number of aryl methyl sites for hydroxylation is 1. The Bertz CT molecular complexity index is 338. The molecule has 0 aliphatic rings. The first-order chi connectivity index (χ1) is 7.59. The summed E-state index contributed by atoms with van der Waals surface area (Å²) in [6.07, 6.45) is 1.79. The Morgan fingerprint density at radius 3 is 2.94 bits per heavy atom. The number of carbonyl (C=O) groups excluding carboxylic acids is 1. The van der Waals surface area contributed by atoms with Crippen molar-refractivity contribution in [1.82, 2.24) is 24.9 Å². The number of rotatable bonds is 5. The second-order valence-electron chi connectivity index (χ2n) is 3.43. The molecular weight excluding hydrogens is 226 g/mol. The number of aromatic amines is 1. The minimum atomic E-state index is -0.206. The van der Waals surface area contributed by atoms with Gasteiger partial charge in [0.25, 0.3) is 0 Å². The monoisotopic (exact) mass is 243 g/mol. The van der Waals surface area contributed by atoms with Crippen LogP contribution in [0.4, 0.5) is 4.79 Å². The third-order valence-electron chi connectivity index (χ3n) is 1.94. The van der Waals surface area contributed by atoms with Gasteiger partial charge in [-0.3, -0.25) is 4.31 Å². The van der Waals surface area contributed by atoms with Crippen LogP contribution in [-0.4, -0.2) is 40.4 Å². The number of H-pyrrole nitrogens is 1. The number of imidazole rings is 1. The van der Waals surface area contributed by atoms with Gasteiger partial charge in [-0.1, -0.05) is 12.8 Å². The van der Waals surface area contributed by atoms with Crippen molar-refractivity contribution in [3.63, 3.8) is 0 Å². The lowest BCUT2D eigenvalue weighted by molar-refractivity contribution is 0.231. The van der Waals surface area contributed by atoms with E-state index in [1.54, 1.807) is 13.2 Å². The molecule has 1 heterocycles. The van der Waals surface area contributed by atoms with E-state index in [0.29, 0.717) is 19.6 Å². The Balaban J connectivity index is 2.06. The highest BCUT2D eigenvalue weighted by Gasteiger charge is 2.01. The van der Waals surface area contributed by atoms with Crippen LogP contribution in [0.15, 0.2) is 6.20 Å². The number of urea groups is 1. The largest absolute Gasteiger partial charge is 0.345 e. The summed E-state index contributed by atoms with van der Waals surface area (Å²) in [5.74, 6) is 0.904. The van der Waals surface area contributed by atoms with Crippen LogP contribution in [0.2, 0.25) is 0 Å². The molecule has 0 fully saturated rings. The summed E-state index contributed by atoms with van der Waals surface area (Å²) in [6, 6.07) is -0.206. The lowest BCUT2D eigenvalue weighted by Crippen LogP contribution is -2.36. The van der Waals surface area contributed by atoms with Gasteiger partial charge in [-0.2, -0.15) is 0 Å². The fraction of sp³-hybridized carbons (Fsp3) is 0.556. The van der Waals surface area contributed by atoms with E-state index in [2.05, 4.69) is 33.4 Å². The summed E-state index contributed by atoms with van der Waals surface area (Å²) in [5.41, 5.74) is 1.04. The smallest absolute Gasteiger partial charge is 0.326 e. The summed E-state index contributed by atoms with van der Waals surface area (Å²) in [6.45, 7) is 3.89. The molecule has 7 heteroatoms. The zero-order valence-corrected chi connectivity index (χ0v) is 10.3. The van der Waals surface area contributed by atoms with E-state index < -0.39 is 0 Å². The van der Waals surface area contributed by atoms with Gasteiger partial charge in [0.15, 0.2) is 0 Å². The van der Waals surface area contributed by atoms with Gasteiger partial charge in [-0.05, 0) is 6.92 Å². The fourth-order valence-corrected chi connectivity index (χ4v) is 1.23. The van der Waals surface area contributed by atoms with E-state index >= 15 is 0 Å². The van der Waals surface area contributed by atoms with Crippen LogP contribution in [0.25, 0.3) is 0 Å². The molecule has 16 heavy (non-hydrogen) atoms. The first kappa shape index (κ1) is 12.9. The lowest BCUT2D eigenvalue weighted by atomic mass is 10.4. The molecule has 0 aliphatic carbocycles. The van der Waals surface area contributed by atoms with Gasteiger partial charge in [0, 0.05) is 38.6 Å². The Morgan fingerprint density at radius 1 is 1.62 bits per heavy atom. The van der Waals surface area contributed by atoms with Crippen molar-refractivity contribution >= 4 is 18.8 Å². The van der Waals surface area contributed by atoms with Crippen molar-refractivity contribution in [1.29, 1.82) is 0 Å². The Morgan fingerprint density at radius 2 is 2.38 bits per heavy atom. The zero-order valence-electron chi connectivity index (χ0n) is 9.45. The predicted octanol–water partition coefficient (Wildman–Crippen LogP) is 0.294. The fourth-order valence-electron chi connectivity index (χ4n) is 1.16. The number of amides is 2. The van der Waals surface area contributed by atoms with Gasteiger partial charge in [-0.25, -0.2) is 9.78 Å². The Kier molecular flexibility index (Phi) is 5.13. The van der Waals surface area contributed by atoms with E-state index in [-0.39, 0.29) is 6.03 Å². The summed E-state index contributed by atoms with van der Waals surface area (Å²) < 4.78 is 1.21. The highest BCUT2D eigenvalue weighted by Crippen LogP contribution is 1.93. The van der Waals surface area contributed by atoms with E-state index in [9.17, 15) is 4.79 Å². The number of hydrogen-bond donors (Lipinski definition) is 4. The quantitative estimate of drug-likeness (QED) is 0.444. The summed E-state index contributed by atoms with van der Waals surface area (Å²) in [5, 5.41) is 5.88. The minimum absolute atomic E-state index is 0.206. The van der Waals surface area contributed by atoms with Crippen molar-refractivity contribution < 1.29 is 4.79 Å². The number of nitrogens with zero attached hydrogens (tertiary/aromatic N) is 2. The highest BCUT2D eigenvalue weighted by atomic mass is 32.1. The van der Waals surface area contributed by atoms with Crippen LogP contribution in [0.1, 0.15) is 11.5 Å². The first-order valence-electron chi connectivity index (χ1n) is 5.01. The molecule has 1 aromatic rings. The summed E-state index contributed by atoms with van der Waals surface area (Å²) in [7, 11) is 1.58. The van der Waals surface area contributed by atoms with Crippen molar-refractivity contribution in [3.05, 3.63) is 17.7 Å². The number of carbonyl (C=O) groups is 1. The van der Waals surface area contributed by atoms with E-state index in [0.717, 1.165) is 11.5 Å². The van der Waals surface area contributed by atoms with E-state index in [1.807, 2.05) is 6.92 Å². The van der Waals surface area contributed by atoms with E-state index in [1.165, 1.54) is 4.31 Å². The van der Waals surface area contributed by atoms with Crippen molar-refractivity contribution in [3.8, 4) is 0 Å². The molecule has 3 N–H and O–H groups in total. The zero-order chi connectivity index (χ0) is 12.0. The molecule has 90 valence electrons. The van der Waals surface area contributed by atoms with Crippen LogP contribution in [0, 0.1) is 6.92 Å². The van der Waals surface area contributed by atoms with Crippen LogP contribution in [0.3, 0.4) is 0 Å². The molecule has 0 atom stereocenters. The van der Waals surface area contributed by atoms with Crippen LogP contribution in [-0.2, 0) is 6.54 Å². The Hall–Kier alpha value is -1.21. The van der Waals surface area contributed by atoms with Crippen LogP contribution >= 0.6 is 12.8 Å². The second-order valence-corrected chi connectivity index (χ2v) is 4.03. The number of nitrogens with one attached hydrogen (secondary N) is 3. The SMILES string of the molecule is Cc1ncc(CNCCNC(=O)N(C)S)[nH]1. The maximum Gasteiger partial charge on any atom is 0.326 e. The molecular formula is C9H17N5OS. The van der Waals surface area contributed by atoms with Gasteiger partial charge in [-0.15, -0.1) is 0 Å². The average molecular weight is 243 g/mol.